The highest BCUT2D eigenvalue weighted by molar-refractivity contribution is 6.33. The maximum absolute atomic E-state index is 14.2. The van der Waals surface area contributed by atoms with Crippen molar-refractivity contribution >= 4 is 23.6 Å². The predicted octanol–water partition coefficient (Wildman–Crippen LogP) is 3.97. The van der Waals surface area contributed by atoms with Gasteiger partial charge in [0.25, 0.3) is 5.91 Å². The summed E-state index contributed by atoms with van der Waals surface area (Å²) >= 11 is 6.08. The van der Waals surface area contributed by atoms with Crippen LogP contribution < -0.4 is 5.32 Å². The first-order chi connectivity index (χ1) is 15.5. The number of nitrogens with one attached hydrogen (secondary N) is 1. The Bertz CT molecular complexity index is 940. The maximum Gasteiger partial charge on any atom is 0.407 e. The first-order valence-electron chi connectivity index (χ1n) is 10.8. The fraction of sp³-hybridized carbons (Fsp3) is 0.417. The van der Waals surface area contributed by atoms with Crippen molar-refractivity contribution in [3.05, 3.63) is 70.5 Å². The summed E-state index contributed by atoms with van der Waals surface area (Å²) in [6.45, 7) is 3.78. The molecule has 1 N–H and O–H groups in total. The molecule has 8 heteroatoms. The van der Waals surface area contributed by atoms with Crippen LogP contribution in [0, 0.1) is 17.7 Å². The van der Waals surface area contributed by atoms with Crippen LogP contribution in [0.2, 0.25) is 5.02 Å². The average Bonchev–Trinajstić information content (AvgIpc) is 3.36. The molecule has 3 atom stereocenters. The Labute approximate surface area is 192 Å². The lowest BCUT2D eigenvalue weighted by atomic mass is 10.0. The monoisotopic (exact) mass is 459 g/mol. The second-order valence-electron chi connectivity index (χ2n) is 8.47. The highest BCUT2D eigenvalue weighted by Gasteiger charge is 2.42. The van der Waals surface area contributed by atoms with E-state index in [2.05, 4.69) is 10.2 Å². The summed E-state index contributed by atoms with van der Waals surface area (Å²) in [6, 6.07) is 14.0. The lowest BCUT2D eigenvalue weighted by Crippen LogP contribution is -2.35. The molecule has 0 saturated carbocycles. The molecule has 0 aliphatic carbocycles. The van der Waals surface area contributed by atoms with Crippen LogP contribution in [-0.4, -0.2) is 61.6 Å². The lowest BCUT2D eigenvalue weighted by Gasteiger charge is -2.24. The fourth-order valence-corrected chi connectivity index (χ4v) is 5.06. The molecule has 2 amide bonds. The second kappa shape index (κ2) is 9.88. The van der Waals surface area contributed by atoms with Gasteiger partial charge in [-0.25, -0.2) is 9.18 Å². The smallest absolute Gasteiger partial charge is 0.407 e. The molecule has 0 spiro atoms. The summed E-state index contributed by atoms with van der Waals surface area (Å²) in [5.74, 6) is -0.201. The number of fused-ring (bicyclic) bond motifs is 1. The van der Waals surface area contributed by atoms with Crippen molar-refractivity contribution < 1.29 is 18.7 Å². The van der Waals surface area contributed by atoms with Crippen molar-refractivity contribution in [2.75, 3.05) is 39.8 Å². The van der Waals surface area contributed by atoms with Crippen LogP contribution in [0.25, 0.3) is 0 Å². The maximum atomic E-state index is 14.2. The van der Waals surface area contributed by atoms with Crippen LogP contribution in [0.4, 0.5) is 9.18 Å². The van der Waals surface area contributed by atoms with Gasteiger partial charge in [0.05, 0.1) is 23.7 Å². The van der Waals surface area contributed by atoms with E-state index in [1.807, 2.05) is 30.3 Å². The zero-order chi connectivity index (χ0) is 22.7. The third kappa shape index (κ3) is 4.89. The number of hydrogen-bond donors (Lipinski definition) is 1. The molecule has 0 aromatic heterocycles. The molecule has 2 saturated heterocycles. The third-order valence-electron chi connectivity index (χ3n) is 6.44. The van der Waals surface area contributed by atoms with Crippen LogP contribution in [0.5, 0.6) is 0 Å². The number of rotatable bonds is 6. The molecule has 2 aromatic rings. The topological polar surface area (TPSA) is 61.9 Å². The minimum Gasteiger partial charge on any atom is -0.453 e. The first kappa shape index (κ1) is 22.6. The SMILES string of the molecule is COC(=O)N[C@@H](CCN1CC2CN(C(=O)c3c(F)cccc3Cl)CC2C1)c1ccccc1. The molecule has 2 aromatic carbocycles. The summed E-state index contributed by atoms with van der Waals surface area (Å²) in [5.41, 5.74) is 1.00. The van der Waals surface area contributed by atoms with Crippen molar-refractivity contribution in [1.82, 2.24) is 15.1 Å². The van der Waals surface area contributed by atoms with Crippen molar-refractivity contribution in [1.29, 1.82) is 0 Å². The van der Waals surface area contributed by atoms with E-state index in [4.69, 9.17) is 16.3 Å². The molecule has 2 aliphatic rings. The van der Waals surface area contributed by atoms with Gasteiger partial charge < -0.3 is 19.9 Å². The molecular formula is C24H27ClFN3O3. The van der Waals surface area contributed by atoms with Crippen molar-refractivity contribution in [2.24, 2.45) is 11.8 Å². The minimum absolute atomic E-state index is 0.0365. The minimum atomic E-state index is -0.578. The average molecular weight is 460 g/mol. The number of methoxy groups -OCH3 is 1. The van der Waals surface area contributed by atoms with Crippen LogP contribution in [0.1, 0.15) is 28.4 Å². The summed E-state index contributed by atoms with van der Waals surface area (Å²) in [6.07, 6.45) is 0.310. The molecular weight excluding hydrogens is 433 g/mol. The van der Waals surface area contributed by atoms with Gasteiger partial charge in [0.15, 0.2) is 0 Å². The summed E-state index contributed by atoms with van der Waals surface area (Å²) in [4.78, 5) is 28.7. The van der Waals surface area contributed by atoms with Gasteiger partial charge in [-0.3, -0.25) is 4.79 Å². The summed E-state index contributed by atoms with van der Waals surface area (Å²) < 4.78 is 18.9. The first-order valence-corrected chi connectivity index (χ1v) is 11.2. The normalized spacial score (nSPS) is 21.3. The van der Waals surface area contributed by atoms with Gasteiger partial charge in [0, 0.05) is 32.7 Å². The Hall–Kier alpha value is -2.64. The van der Waals surface area contributed by atoms with E-state index in [0.29, 0.717) is 24.9 Å². The molecule has 2 unspecified atom stereocenters. The van der Waals surface area contributed by atoms with Crippen LogP contribution >= 0.6 is 11.6 Å². The molecule has 4 rings (SSSR count). The van der Waals surface area contributed by atoms with Gasteiger partial charge in [-0.05, 0) is 36.0 Å². The Kier molecular flexibility index (Phi) is 6.96. The third-order valence-corrected chi connectivity index (χ3v) is 6.75. The largest absolute Gasteiger partial charge is 0.453 e. The Morgan fingerprint density at radius 1 is 1.09 bits per heavy atom. The van der Waals surface area contributed by atoms with Crippen LogP contribution in [-0.2, 0) is 4.74 Å². The van der Waals surface area contributed by atoms with E-state index in [9.17, 15) is 14.0 Å². The molecule has 2 fully saturated rings. The highest BCUT2D eigenvalue weighted by atomic mass is 35.5. The van der Waals surface area contributed by atoms with Gasteiger partial charge in [-0.2, -0.15) is 0 Å². The molecule has 0 radical (unpaired) electrons. The fourth-order valence-electron chi connectivity index (χ4n) is 4.82. The lowest BCUT2D eigenvalue weighted by molar-refractivity contribution is 0.0769. The Morgan fingerprint density at radius 2 is 1.78 bits per heavy atom. The number of carbonyl (C=O) groups is 2. The Morgan fingerprint density at radius 3 is 2.41 bits per heavy atom. The predicted molar refractivity (Wildman–Crippen MR) is 120 cm³/mol. The van der Waals surface area contributed by atoms with Gasteiger partial charge in [-0.15, -0.1) is 0 Å². The van der Waals surface area contributed by atoms with E-state index in [1.54, 1.807) is 11.0 Å². The highest BCUT2D eigenvalue weighted by Crippen LogP contribution is 2.33. The number of nitrogens with zero attached hydrogens (tertiary/aromatic N) is 2. The van der Waals surface area contributed by atoms with Gasteiger partial charge in [0.1, 0.15) is 5.82 Å². The molecule has 32 heavy (non-hydrogen) atoms. The molecule has 170 valence electrons. The number of carbonyl (C=O) groups excluding carboxylic acids is 2. The summed E-state index contributed by atoms with van der Waals surface area (Å²) in [7, 11) is 1.36. The van der Waals surface area contributed by atoms with E-state index < -0.39 is 11.9 Å². The zero-order valence-corrected chi connectivity index (χ0v) is 18.7. The number of ether oxygens (including phenoxy) is 1. The zero-order valence-electron chi connectivity index (χ0n) is 18.0. The number of amides is 2. The van der Waals surface area contributed by atoms with Crippen molar-refractivity contribution in [3.63, 3.8) is 0 Å². The molecule has 2 aliphatic heterocycles. The Balaban J connectivity index is 1.33. The van der Waals surface area contributed by atoms with E-state index in [0.717, 1.165) is 31.6 Å². The number of hydrogen-bond acceptors (Lipinski definition) is 4. The number of halogens is 2. The number of likely N-dealkylation sites (tertiary alicyclic amines) is 2. The van der Waals surface area contributed by atoms with Crippen LogP contribution in [0.3, 0.4) is 0 Å². The van der Waals surface area contributed by atoms with E-state index in [-0.39, 0.29) is 22.5 Å². The molecule has 6 nitrogen and oxygen atoms in total. The number of alkyl carbamates (subject to hydrolysis) is 1. The second-order valence-corrected chi connectivity index (χ2v) is 8.88. The number of benzene rings is 2. The van der Waals surface area contributed by atoms with Crippen LogP contribution in [0.15, 0.2) is 48.5 Å². The summed E-state index contributed by atoms with van der Waals surface area (Å²) in [5, 5.41) is 3.07. The van der Waals surface area contributed by atoms with Gasteiger partial charge in [0.2, 0.25) is 0 Å². The van der Waals surface area contributed by atoms with Crippen molar-refractivity contribution in [2.45, 2.75) is 12.5 Å². The quantitative estimate of drug-likeness (QED) is 0.710. The van der Waals surface area contributed by atoms with Crippen molar-refractivity contribution in [3.8, 4) is 0 Å². The molecule has 2 heterocycles. The van der Waals surface area contributed by atoms with E-state index >= 15 is 0 Å². The standard InChI is InChI=1S/C24H27ClFN3O3/c1-32-24(31)27-21(16-6-3-2-4-7-16)10-11-28-12-17-14-29(15-18(17)13-28)23(30)22-19(25)8-5-9-20(22)26/h2-9,17-18,21H,10-15H2,1H3,(H,27,31)/t17?,18?,21-/m0/s1. The van der Waals surface area contributed by atoms with E-state index in [1.165, 1.54) is 19.2 Å². The van der Waals surface area contributed by atoms with Gasteiger partial charge in [-0.1, -0.05) is 48.0 Å². The molecule has 0 bridgehead atoms. The van der Waals surface area contributed by atoms with Gasteiger partial charge >= 0.3 is 6.09 Å².